The fraction of sp³-hybridized carbons (Fsp3) is 0.136. The monoisotopic (exact) mass is 357 g/mol. The first-order chi connectivity index (χ1) is 13.1. The van der Waals surface area contributed by atoms with E-state index in [0.29, 0.717) is 17.2 Å². The third-order valence-corrected chi connectivity index (χ3v) is 4.49. The second-order valence-corrected chi connectivity index (χ2v) is 6.43. The van der Waals surface area contributed by atoms with Gasteiger partial charge in [0.05, 0.1) is 5.92 Å². The second-order valence-electron chi connectivity index (χ2n) is 6.43. The maximum Gasteiger partial charge on any atom is 0.239 e. The summed E-state index contributed by atoms with van der Waals surface area (Å²) in [4.78, 5) is 21.7. The largest absolute Gasteiger partial charge is 0.457 e. The van der Waals surface area contributed by atoms with E-state index in [-0.39, 0.29) is 11.8 Å². The lowest BCUT2D eigenvalue weighted by atomic mass is 10.00. The van der Waals surface area contributed by atoms with Gasteiger partial charge in [-0.15, -0.1) is 0 Å². The molecule has 0 saturated heterocycles. The van der Waals surface area contributed by atoms with Crippen LogP contribution in [-0.2, 0) is 0 Å². The standard InChI is InChI=1S/C22H19N3O2/c1-15(22(26)25-12-11-18-14-23-16(2)24-21(18)25)17-7-6-10-20(13-17)27-19-8-4-3-5-9-19/h3-15H,1-2H3. The Morgan fingerprint density at radius 2 is 1.81 bits per heavy atom. The van der Waals surface area contributed by atoms with E-state index in [9.17, 15) is 4.79 Å². The number of rotatable bonds is 4. The van der Waals surface area contributed by atoms with Gasteiger partial charge < -0.3 is 4.74 Å². The van der Waals surface area contributed by atoms with Crippen LogP contribution in [0.4, 0.5) is 0 Å². The predicted molar refractivity (Wildman–Crippen MR) is 104 cm³/mol. The number of hydrogen-bond donors (Lipinski definition) is 0. The number of ether oxygens (including phenoxy) is 1. The lowest BCUT2D eigenvalue weighted by molar-refractivity contribution is 0.0889. The molecule has 2 heterocycles. The summed E-state index contributed by atoms with van der Waals surface area (Å²) in [6.45, 7) is 3.71. The highest BCUT2D eigenvalue weighted by atomic mass is 16.5. The zero-order chi connectivity index (χ0) is 18.8. The molecule has 134 valence electrons. The molecule has 0 aliphatic rings. The summed E-state index contributed by atoms with van der Waals surface area (Å²) in [5.74, 6) is 1.72. The summed E-state index contributed by atoms with van der Waals surface area (Å²) in [7, 11) is 0. The fourth-order valence-corrected chi connectivity index (χ4v) is 3.00. The van der Waals surface area contributed by atoms with Crippen molar-refractivity contribution in [3.05, 3.63) is 84.4 Å². The first kappa shape index (κ1) is 17.0. The van der Waals surface area contributed by atoms with Crippen molar-refractivity contribution in [3.63, 3.8) is 0 Å². The van der Waals surface area contributed by atoms with Crippen molar-refractivity contribution in [1.82, 2.24) is 14.5 Å². The van der Waals surface area contributed by atoms with Crippen LogP contribution in [0.2, 0.25) is 0 Å². The molecule has 1 unspecified atom stereocenters. The minimum Gasteiger partial charge on any atom is -0.457 e. The number of aryl methyl sites for hydroxylation is 1. The zero-order valence-electron chi connectivity index (χ0n) is 15.2. The number of benzene rings is 2. The van der Waals surface area contributed by atoms with E-state index in [0.717, 1.165) is 16.7 Å². The molecule has 4 rings (SSSR count). The maximum absolute atomic E-state index is 13.1. The molecule has 0 aliphatic heterocycles. The molecule has 1 atom stereocenters. The second kappa shape index (κ2) is 7.03. The first-order valence-corrected chi connectivity index (χ1v) is 8.79. The van der Waals surface area contributed by atoms with Crippen molar-refractivity contribution < 1.29 is 9.53 Å². The van der Waals surface area contributed by atoms with Gasteiger partial charge in [-0.3, -0.25) is 9.36 Å². The third-order valence-electron chi connectivity index (χ3n) is 4.49. The number of carbonyl (C=O) groups excluding carboxylic acids is 1. The van der Waals surface area contributed by atoms with Crippen molar-refractivity contribution in [2.75, 3.05) is 0 Å². The SMILES string of the molecule is Cc1ncc2ccn(C(=O)C(C)c3cccc(Oc4ccccc4)c3)c2n1. The Labute approximate surface area is 157 Å². The van der Waals surface area contributed by atoms with Gasteiger partial charge in [0.2, 0.25) is 5.91 Å². The fourth-order valence-electron chi connectivity index (χ4n) is 3.00. The molecule has 4 aromatic rings. The number of aromatic nitrogens is 3. The molecule has 0 N–H and O–H groups in total. The highest BCUT2D eigenvalue weighted by Crippen LogP contribution is 2.27. The molecule has 0 amide bonds. The van der Waals surface area contributed by atoms with Crippen LogP contribution in [0, 0.1) is 6.92 Å². The van der Waals surface area contributed by atoms with E-state index < -0.39 is 0 Å². The first-order valence-electron chi connectivity index (χ1n) is 8.79. The van der Waals surface area contributed by atoms with Gasteiger partial charge in [-0.2, -0.15) is 0 Å². The maximum atomic E-state index is 13.1. The molecule has 0 fully saturated rings. The Morgan fingerprint density at radius 3 is 2.63 bits per heavy atom. The van der Waals surface area contributed by atoms with Crippen LogP contribution in [0.25, 0.3) is 11.0 Å². The highest BCUT2D eigenvalue weighted by Gasteiger charge is 2.20. The molecule has 5 heteroatoms. The summed E-state index contributed by atoms with van der Waals surface area (Å²) < 4.78 is 7.48. The Kier molecular flexibility index (Phi) is 4.42. The molecule has 2 aromatic heterocycles. The van der Waals surface area contributed by atoms with E-state index in [1.165, 1.54) is 0 Å². The molecule has 0 spiro atoms. The smallest absolute Gasteiger partial charge is 0.239 e. The number of fused-ring (bicyclic) bond motifs is 1. The van der Waals surface area contributed by atoms with Crippen LogP contribution in [0.15, 0.2) is 73.1 Å². The highest BCUT2D eigenvalue weighted by molar-refractivity contribution is 5.93. The van der Waals surface area contributed by atoms with Gasteiger partial charge in [0, 0.05) is 17.8 Å². The van der Waals surface area contributed by atoms with Gasteiger partial charge >= 0.3 is 0 Å². The number of carbonyl (C=O) groups is 1. The Balaban J connectivity index is 1.62. The normalized spacial score (nSPS) is 12.1. The van der Waals surface area contributed by atoms with Crippen LogP contribution in [0.1, 0.15) is 29.0 Å². The number of para-hydroxylation sites is 1. The van der Waals surface area contributed by atoms with Gasteiger partial charge in [-0.25, -0.2) is 9.97 Å². The van der Waals surface area contributed by atoms with Gasteiger partial charge in [-0.1, -0.05) is 30.3 Å². The van der Waals surface area contributed by atoms with Crippen molar-refractivity contribution in [2.24, 2.45) is 0 Å². The molecule has 2 aromatic carbocycles. The van der Waals surface area contributed by atoms with Gasteiger partial charge in [0.1, 0.15) is 23.0 Å². The number of hydrogen-bond acceptors (Lipinski definition) is 4. The van der Waals surface area contributed by atoms with Crippen LogP contribution >= 0.6 is 0 Å². The minimum atomic E-state index is -0.338. The van der Waals surface area contributed by atoms with E-state index in [1.807, 2.05) is 74.5 Å². The summed E-state index contributed by atoms with van der Waals surface area (Å²) in [5, 5.41) is 0.849. The molecular formula is C22H19N3O2. The summed E-state index contributed by atoms with van der Waals surface area (Å²) in [6, 6.07) is 19.1. The van der Waals surface area contributed by atoms with Gasteiger partial charge in [0.25, 0.3) is 0 Å². The summed E-state index contributed by atoms with van der Waals surface area (Å²) in [6.07, 6.45) is 3.49. The average molecular weight is 357 g/mol. The molecular weight excluding hydrogens is 338 g/mol. The predicted octanol–water partition coefficient (Wildman–Crippen LogP) is 4.98. The van der Waals surface area contributed by atoms with Crippen LogP contribution in [0.3, 0.4) is 0 Å². The lowest BCUT2D eigenvalue weighted by Gasteiger charge is -2.14. The van der Waals surface area contributed by atoms with Crippen LogP contribution < -0.4 is 4.74 Å². The van der Waals surface area contributed by atoms with E-state index in [4.69, 9.17) is 4.74 Å². The van der Waals surface area contributed by atoms with E-state index in [2.05, 4.69) is 9.97 Å². The summed E-state index contributed by atoms with van der Waals surface area (Å²) in [5.41, 5.74) is 1.53. The Morgan fingerprint density at radius 1 is 1.04 bits per heavy atom. The third kappa shape index (κ3) is 3.44. The molecule has 0 aliphatic carbocycles. The van der Waals surface area contributed by atoms with Gasteiger partial charge in [-0.05, 0) is 49.7 Å². The Hall–Kier alpha value is -3.47. The molecule has 0 radical (unpaired) electrons. The summed E-state index contributed by atoms with van der Waals surface area (Å²) >= 11 is 0. The molecule has 5 nitrogen and oxygen atoms in total. The molecule has 27 heavy (non-hydrogen) atoms. The van der Waals surface area contributed by atoms with Crippen molar-refractivity contribution >= 4 is 16.9 Å². The van der Waals surface area contributed by atoms with Gasteiger partial charge in [0.15, 0.2) is 0 Å². The minimum absolute atomic E-state index is 0.0417. The molecule has 0 saturated carbocycles. The van der Waals surface area contributed by atoms with Crippen molar-refractivity contribution in [3.8, 4) is 11.5 Å². The van der Waals surface area contributed by atoms with Crippen LogP contribution in [0.5, 0.6) is 11.5 Å². The quantitative estimate of drug-likeness (QED) is 0.517. The Bertz CT molecular complexity index is 1100. The zero-order valence-corrected chi connectivity index (χ0v) is 15.2. The van der Waals surface area contributed by atoms with Crippen molar-refractivity contribution in [2.45, 2.75) is 19.8 Å². The topological polar surface area (TPSA) is 57.0 Å². The van der Waals surface area contributed by atoms with E-state index in [1.54, 1.807) is 17.0 Å². The average Bonchev–Trinajstić information content (AvgIpc) is 3.11. The van der Waals surface area contributed by atoms with Crippen LogP contribution in [-0.4, -0.2) is 20.4 Å². The van der Waals surface area contributed by atoms with E-state index >= 15 is 0 Å². The molecule has 0 bridgehead atoms. The lowest BCUT2D eigenvalue weighted by Crippen LogP contribution is -2.17. The number of nitrogens with zero attached hydrogens (tertiary/aromatic N) is 3. The van der Waals surface area contributed by atoms with Crippen molar-refractivity contribution in [1.29, 1.82) is 0 Å².